The first-order valence-electron chi connectivity index (χ1n) is 11.5. The lowest BCUT2D eigenvalue weighted by Crippen LogP contribution is -1.92. The first-order chi connectivity index (χ1) is 18.5. The summed E-state index contributed by atoms with van der Waals surface area (Å²) in [6, 6.07) is 27.0. The van der Waals surface area contributed by atoms with Crippen LogP contribution in [0.25, 0.3) is 60.6 Å². The van der Waals surface area contributed by atoms with E-state index in [9.17, 15) is 0 Å². The molecule has 7 rings (SSSR count). The van der Waals surface area contributed by atoms with Gasteiger partial charge in [0.05, 0.1) is 10.5 Å². The molecule has 0 spiro atoms. The summed E-state index contributed by atoms with van der Waals surface area (Å²) in [7, 11) is 0. The number of para-hydroxylation sites is 1. The van der Waals surface area contributed by atoms with Crippen LogP contribution in [-0.2, 0) is 0 Å². The molecule has 3 aromatic carbocycles. The molecule has 7 aromatic rings. The largest absolute Gasteiger partial charge is 0.454 e. The van der Waals surface area contributed by atoms with Crippen LogP contribution in [0.2, 0.25) is 10.0 Å². The molecule has 0 atom stereocenters. The van der Waals surface area contributed by atoms with E-state index in [-0.39, 0.29) is 0 Å². The van der Waals surface area contributed by atoms with Crippen LogP contribution in [0, 0.1) is 0 Å². The van der Waals surface area contributed by atoms with Crippen molar-refractivity contribution in [1.82, 2.24) is 24.8 Å². The molecule has 4 aromatic heterocycles. The minimum absolute atomic E-state index is 0.520. The minimum atomic E-state index is 0.520. The lowest BCUT2D eigenvalue weighted by molar-refractivity contribution is 0.595. The molecule has 4 heterocycles. The van der Waals surface area contributed by atoms with E-state index in [4.69, 9.17) is 37.7 Å². The molecule has 0 bridgehead atoms. The third kappa shape index (κ3) is 4.10. The van der Waals surface area contributed by atoms with Gasteiger partial charge in [0.2, 0.25) is 4.96 Å². The van der Waals surface area contributed by atoms with Crippen LogP contribution < -0.4 is 0 Å². The van der Waals surface area contributed by atoms with Crippen LogP contribution in [0.4, 0.5) is 0 Å². The Morgan fingerprint density at radius 3 is 2.47 bits per heavy atom. The Morgan fingerprint density at radius 1 is 0.816 bits per heavy atom. The molecule has 0 radical (unpaired) electrons. The summed E-state index contributed by atoms with van der Waals surface area (Å²) in [4.78, 5) is 5.59. The lowest BCUT2D eigenvalue weighted by atomic mass is 10.1. The highest BCUT2D eigenvalue weighted by atomic mass is 79.9. The van der Waals surface area contributed by atoms with Crippen molar-refractivity contribution in [1.29, 1.82) is 0 Å². The number of hydrogen-bond acceptors (Lipinski definition) is 6. The first kappa shape index (κ1) is 23.5. The fraction of sp³-hybridized carbons (Fsp3) is 0. The Morgan fingerprint density at radius 2 is 1.63 bits per heavy atom. The average molecular weight is 619 g/mol. The number of halogens is 3. The summed E-state index contributed by atoms with van der Waals surface area (Å²) in [5, 5.41) is 16.5. The second-order valence-corrected chi connectivity index (χ2v) is 11.2. The molecule has 184 valence electrons. The van der Waals surface area contributed by atoms with Gasteiger partial charge in [-0.3, -0.25) is 0 Å². The van der Waals surface area contributed by atoms with Gasteiger partial charge < -0.3 is 4.42 Å². The van der Waals surface area contributed by atoms with Gasteiger partial charge in [-0.2, -0.15) is 9.61 Å². The maximum Gasteiger partial charge on any atom is 0.235 e. The van der Waals surface area contributed by atoms with E-state index in [0.717, 1.165) is 37.1 Å². The van der Waals surface area contributed by atoms with Crippen molar-refractivity contribution < 1.29 is 4.42 Å². The van der Waals surface area contributed by atoms with Crippen molar-refractivity contribution in [3.05, 3.63) is 99.4 Å². The second-order valence-electron chi connectivity index (χ2n) is 8.49. The molecule has 6 nitrogen and oxygen atoms in total. The number of furan rings is 1. The van der Waals surface area contributed by atoms with Gasteiger partial charge in [-0.1, -0.05) is 80.8 Å². The fourth-order valence-electron chi connectivity index (χ4n) is 4.29. The van der Waals surface area contributed by atoms with Crippen LogP contribution in [-0.4, -0.2) is 24.8 Å². The van der Waals surface area contributed by atoms with Crippen molar-refractivity contribution >= 4 is 66.3 Å². The van der Waals surface area contributed by atoms with Crippen LogP contribution in [0.1, 0.15) is 0 Å². The molecule has 0 saturated carbocycles. The maximum absolute atomic E-state index is 6.41. The number of hydrogen-bond donors (Lipinski definition) is 0. The quantitative estimate of drug-likeness (QED) is 0.197. The molecule has 0 aliphatic rings. The molecule has 0 aliphatic heterocycles. The SMILES string of the molecule is Clc1ccc(-c2ccc(-c3cc(-c4nn5c(-c6ccc(Br)cc6)nnc5s4)c4ccccc4n3)o2)c(Cl)c1. The van der Waals surface area contributed by atoms with Crippen LogP contribution in [0.5, 0.6) is 0 Å². The third-order valence-corrected chi connectivity index (χ3v) is 8.10. The van der Waals surface area contributed by atoms with E-state index in [1.165, 1.54) is 11.3 Å². The van der Waals surface area contributed by atoms with Crippen molar-refractivity contribution in [3.8, 4) is 44.7 Å². The highest BCUT2D eigenvalue weighted by Crippen LogP contribution is 2.38. The van der Waals surface area contributed by atoms with Crippen molar-refractivity contribution in [2.45, 2.75) is 0 Å². The van der Waals surface area contributed by atoms with E-state index < -0.39 is 0 Å². The van der Waals surface area contributed by atoms with E-state index in [1.54, 1.807) is 16.6 Å². The number of rotatable bonds is 4. The summed E-state index contributed by atoms with van der Waals surface area (Å²) >= 11 is 17.4. The lowest BCUT2D eigenvalue weighted by Gasteiger charge is -2.07. The highest BCUT2D eigenvalue weighted by molar-refractivity contribution is 9.10. The smallest absolute Gasteiger partial charge is 0.235 e. The predicted octanol–water partition coefficient (Wildman–Crippen LogP) is 9.06. The molecule has 0 unspecified atom stereocenters. The standard InChI is InChI=1S/C28H14BrCl2N5OS/c29-16-7-5-15(6-8-16)26-33-34-28-36(26)35-27(38-28)20-14-23(32-22-4-2-1-3-18(20)22)25-12-11-24(37-25)19-10-9-17(30)13-21(19)31/h1-14H. The van der Waals surface area contributed by atoms with Gasteiger partial charge in [0.15, 0.2) is 11.6 Å². The van der Waals surface area contributed by atoms with Gasteiger partial charge in [0, 0.05) is 31.6 Å². The summed E-state index contributed by atoms with van der Waals surface area (Å²) in [6.45, 7) is 0. The summed E-state index contributed by atoms with van der Waals surface area (Å²) in [6.07, 6.45) is 0. The number of benzene rings is 3. The number of fused-ring (bicyclic) bond motifs is 2. The monoisotopic (exact) mass is 617 g/mol. The minimum Gasteiger partial charge on any atom is -0.454 e. The van der Waals surface area contributed by atoms with E-state index >= 15 is 0 Å². The summed E-state index contributed by atoms with van der Waals surface area (Å²) < 4.78 is 8.99. The predicted molar refractivity (Wildman–Crippen MR) is 156 cm³/mol. The van der Waals surface area contributed by atoms with Crippen molar-refractivity contribution in [2.24, 2.45) is 0 Å². The molecule has 0 aliphatic carbocycles. The maximum atomic E-state index is 6.41. The van der Waals surface area contributed by atoms with Crippen LogP contribution in [0.3, 0.4) is 0 Å². The first-order valence-corrected chi connectivity index (χ1v) is 13.8. The van der Waals surface area contributed by atoms with Crippen LogP contribution in [0.15, 0.2) is 93.8 Å². The Labute approximate surface area is 238 Å². The van der Waals surface area contributed by atoms with Crippen molar-refractivity contribution in [3.63, 3.8) is 0 Å². The summed E-state index contributed by atoms with van der Waals surface area (Å²) in [5.41, 5.74) is 4.15. The molecule has 0 N–H and O–H groups in total. The average Bonchev–Trinajstić information content (AvgIpc) is 3.65. The van der Waals surface area contributed by atoms with Gasteiger partial charge in [0.25, 0.3) is 0 Å². The highest BCUT2D eigenvalue weighted by Gasteiger charge is 2.19. The van der Waals surface area contributed by atoms with Gasteiger partial charge in [-0.15, -0.1) is 10.2 Å². The third-order valence-electron chi connectivity index (χ3n) is 6.09. The van der Waals surface area contributed by atoms with Gasteiger partial charge in [-0.25, -0.2) is 4.98 Å². The summed E-state index contributed by atoms with van der Waals surface area (Å²) in [5.74, 6) is 1.94. The number of pyridine rings is 1. The number of aromatic nitrogens is 5. The topological polar surface area (TPSA) is 69.1 Å². The van der Waals surface area contributed by atoms with Crippen LogP contribution >= 0.6 is 50.5 Å². The second kappa shape index (κ2) is 9.32. The van der Waals surface area contributed by atoms with E-state index in [0.29, 0.717) is 38.0 Å². The fourth-order valence-corrected chi connectivity index (χ4v) is 5.93. The molecular weight excluding hydrogens is 605 g/mol. The normalized spacial score (nSPS) is 11.6. The molecule has 38 heavy (non-hydrogen) atoms. The van der Waals surface area contributed by atoms with Crippen molar-refractivity contribution in [2.75, 3.05) is 0 Å². The molecule has 0 saturated heterocycles. The Hall–Kier alpha value is -3.56. The molecular formula is C28H14BrCl2N5OS. The molecule has 0 fully saturated rings. The zero-order chi connectivity index (χ0) is 25.8. The van der Waals surface area contributed by atoms with Gasteiger partial charge in [-0.05, 0) is 54.6 Å². The Bertz CT molecular complexity index is 1980. The van der Waals surface area contributed by atoms with Gasteiger partial charge in [0.1, 0.15) is 16.5 Å². The molecule has 0 amide bonds. The Balaban J connectivity index is 1.35. The van der Waals surface area contributed by atoms with E-state index in [2.05, 4.69) is 26.1 Å². The zero-order valence-electron chi connectivity index (χ0n) is 19.3. The molecule has 10 heteroatoms. The Kier molecular flexibility index (Phi) is 5.78. The zero-order valence-corrected chi connectivity index (χ0v) is 23.2. The number of nitrogens with zero attached hydrogens (tertiary/aromatic N) is 5. The van der Waals surface area contributed by atoms with Gasteiger partial charge >= 0.3 is 0 Å². The van der Waals surface area contributed by atoms with E-state index in [1.807, 2.05) is 72.8 Å².